The predicted molar refractivity (Wildman–Crippen MR) is 116 cm³/mol. The zero-order chi connectivity index (χ0) is 22.8. The molecule has 2 aromatic rings. The van der Waals surface area contributed by atoms with Gasteiger partial charge in [-0.3, -0.25) is 0 Å². The van der Waals surface area contributed by atoms with Gasteiger partial charge in [0.05, 0.1) is 17.1 Å². The first-order chi connectivity index (χ1) is 14.5. The molecule has 31 heavy (non-hydrogen) atoms. The average Bonchev–Trinajstić information content (AvgIpc) is 3.11. The number of carbonyl (C=O) groups is 3. The van der Waals surface area contributed by atoms with Crippen LogP contribution in [0.25, 0.3) is 10.4 Å². The van der Waals surface area contributed by atoms with Gasteiger partial charge in [-0.1, -0.05) is 12.1 Å². The monoisotopic (exact) mass is 466 g/mol. The topological polar surface area (TPSA) is 162 Å². The van der Waals surface area contributed by atoms with Gasteiger partial charge in [0.1, 0.15) is 11.0 Å². The number of nitrogens with one attached hydrogen (secondary N) is 1. The van der Waals surface area contributed by atoms with E-state index >= 15 is 0 Å². The van der Waals surface area contributed by atoms with Crippen LogP contribution in [0.3, 0.4) is 0 Å². The first kappa shape index (κ1) is 22.6. The molecule has 0 spiro atoms. The highest BCUT2D eigenvalue weighted by Gasteiger charge is 2.28. The molecular weight excluding hydrogens is 444 g/mol. The molecule has 1 aliphatic rings. The summed E-state index contributed by atoms with van der Waals surface area (Å²) < 4.78 is 29.3. The number of sulfone groups is 1. The van der Waals surface area contributed by atoms with Crippen LogP contribution in [0.15, 0.2) is 35.2 Å². The van der Waals surface area contributed by atoms with E-state index in [1.54, 1.807) is 12.1 Å². The Labute approximate surface area is 183 Å². The lowest BCUT2D eigenvalue weighted by Gasteiger charge is -2.31. The minimum absolute atomic E-state index is 0.106. The molecule has 1 aromatic heterocycles. The number of esters is 1. The van der Waals surface area contributed by atoms with E-state index in [1.165, 1.54) is 23.1 Å². The van der Waals surface area contributed by atoms with Crippen LogP contribution >= 0.6 is 11.3 Å². The van der Waals surface area contributed by atoms with Gasteiger partial charge in [0.15, 0.2) is 9.84 Å². The Morgan fingerprint density at radius 2 is 1.97 bits per heavy atom. The Bertz CT molecular complexity index is 1130. The molecular formula is C19H22N4O6S2. The zero-order valence-corrected chi connectivity index (χ0v) is 18.3. The molecule has 1 aliphatic heterocycles. The van der Waals surface area contributed by atoms with Crippen LogP contribution in [0, 0.1) is 0 Å². The van der Waals surface area contributed by atoms with Crippen molar-refractivity contribution in [1.29, 1.82) is 0 Å². The number of thiophene rings is 1. The molecule has 4 amide bonds. The Morgan fingerprint density at radius 3 is 2.61 bits per heavy atom. The van der Waals surface area contributed by atoms with E-state index < -0.39 is 34.0 Å². The number of hydrogen-bond acceptors (Lipinski definition) is 7. The number of hydrogen-bond donors (Lipinski definition) is 3. The standard InChI is InChI=1S/C19H22N4O6S2/c1-31(27,28)13-6-2-4-11(8-13)15-9-14(22-18(20)25)16(30-15)17(24)29-12-5-3-7-23(10-12)19(21)26/h2,4,6,8-9,12H,3,5,7,10H2,1H3,(H2,21,26)(H3,20,22,25). The van der Waals surface area contributed by atoms with Crippen LogP contribution < -0.4 is 16.8 Å². The Hall–Kier alpha value is -3.12. The van der Waals surface area contributed by atoms with Crippen molar-refractivity contribution < 1.29 is 27.5 Å². The number of ether oxygens (including phenoxy) is 1. The van der Waals surface area contributed by atoms with Gasteiger partial charge >= 0.3 is 18.0 Å². The second-order valence-electron chi connectivity index (χ2n) is 7.10. The maximum absolute atomic E-state index is 12.8. The first-order valence-electron chi connectivity index (χ1n) is 9.30. The van der Waals surface area contributed by atoms with Gasteiger partial charge in [0, 0.05) is 17.7 Å². The SMILES string of the molecule is CS(=O)(=O)c1cccc(-c2cc(NC(N)=O)c(C(=O)OC3CCCN(C(N)=O)C3)s2)c1. The fraction of sp³-hybridized carbons (Fsp3) is 0.316. The maximum atomic E-state index is 12.8. The second kappa shape index (κ2) is 8.94. The van der Waals surface area contributed by atoms with Gasteiger partial charge in [0.2, 0.25) is 0 Å². The van der Waals surface area contributed by atoms with Crippen molar-refractivity contribution >= 4 is 44.9 Å². The van der Waals surface area contributed by atoms with E-state index in [4.69, 9.17) is 16.2 Å². The largest absolute Gasteiger partial charge is 0.456 e. The van der Waals surface area contributed by atoms with Gasteiger partial charge in [-0.05, 0) is 36.6 Å². The first-order valence-corrected chi connectivity index (χ1v) is 12.0. The van der Waals surface area contributed by atoms with Gasteiger partial charge in [-0.15, -0.1) is 11.3 Å². The fourth-order valence-electron chi connectivity index (χ4n) is 3.23. The van der Waals surface area contributed by atoms with Gasteiger partial charge in [-0.25, -0.2) is 22.8 Å². The molecule has 12 heteroatoms. The summed E-state index contributed by atoms with van der Waals surface area (Å²) in [7, 11) is -3.42. The summed E-state index contributed by atoms with van der Waals surface area (Å²) in [6, 6.07) is 6.32. The van der Waals surface area contributed by atoms with E-state index in [0.717, 1.165) is 17.6 Å². The van der Waals surface area contributed by atoms with Crippen molar-refractivity contribution in [2.45, 2.75) is 23.8 Å². The molecule has 1 aromatic carbocycles. The molecule has 10 nitrogen and oxygen atoms in total. The Morgan fingerprint density at radius 1 is 1.23 bits per heavy atom. The number of carbonyl (C=O) groups excluding carboxylic acids is 3. The number of rotatable bonds is 5. The number of nitrogens with zero attached hydrogens (tertiary/aromatic N) is 1. The van der Waals surface area contributed by atoms with Crippen molar-refractivity contribution in [2.24, 2.45) is 11.5 Å². The van der Waals surface area contributed by atoms with E-state index in [0.29, 0.717) is 29.8 Å². The molecule has 2 heterocycles. The third kappa shape index (κ3) is 5.52. The molecule has 0 radical (unpaired) electrons. The Balaban J connectivity index is 1.89. The highest BCUT2D eigenvalue weighted by Crippen LogP contribution is 2.36. The molecule has 166 valence electrons. The summed E-state index contributed by atoms with van der Waals surface area (Å²) in [5, 5.41) is 2.40. The lowest BCUT2D eigenvalue weighted by atomic mass is 10.1. The number of nitrogens with two attached hydrogens (primary N) is 2. The molecule has 1 fully saturated rings. The average molecular weight is 467 g/mol. The lowest BCUT2D eigenvalue weighted by molar-refractivity contribution is 0.0134. The molecule has 5 N–H and O–H groups in total. The summed E-state index contributed by atoms with van der Waals surface area (Å²) in [4.78, 5) is 37.8. The highest BCUT2D eigenvalue weighted by molar-refractivity contribution is 7.90. The van der Waals surface area contributed by atoms with Crippen LogP contribution in [0.2, 0.25) is 0 Å². The number of primary amides is 2. The normalized spacial score (nSPS) is 16.5. The summed E-state index contributed by atoms with van der Waals surface area (Å²) in [5.74, 6) is -0.685. The summed E-state index contributed by atoms with van der Waals surface area (Å²) in [6.07, 6.45) is 1.78. The summed E-state index contributed by atoms with van der Waals surface area (Å²) >= 11 is 1.03. The quantitative estimate of drug-likeness (QED) is 0.571. The van der Waals surface area contributed by atoms with Crippen LogP contribution in [-0.2, 0) is 14.6 Å². The minimum atomic E-state index is -3.42. The second-order valence-corrected chi connectivity index (χ2v) is 10.2. The zero-order valence-electron chi connectivity index (χ0n) is 16.7. The molecule has 1 atom stereocenters. The molecule has 0 saturated carbocycles. The summed E-state index contributed by atoms with van der Waals surface area (Å²) in [6.45, 7) is 0.686. The fourth-order valence-corrected chi connectivity index (χ4v) is 4.89. The highest BCUT2D eigenvalue weighted by atomic mass is 32.2. The van der Waals surface area contributed by atoms with Gasteiger partial charge < -0.3 is 26.4 Å². The molecule has 3 rings (SSSR count). The van der Waals surface area contributed by atoms with Crippen LogP contribution in [-0.4, -0.2) is 56.8 Å². The number of piperidine rings is 1. The van der Waals surface area contributed by atoms with E-state index in [1.807, 2.05) is 0 Å². The third-order valence-corrected chi connectivity index (χ3v) is 6.96. The van der Waals surface area contributed by atoms with E-state index in [-0.39, 0.29) is 22.0 Å². The summed E-state index contributed by atoms with van der Waals surface area (Å²) in [5.41, 5.74) is 11.2. The number of benzene rings is 1. The van der Waals surface area contributed by atoms with Crippen molar-refractivity contribution in [3.8, 4) is 10.4 Å². The van der Waals surface area contributed by atoms with Crippen LogP contribution in [0.4, 0.5) is 15.3 Å². The van der Waals surface area contributed by atoms with Crippen LogP contribution in [0.5, 0.6) is 0 Å². The molecule has 0 bridgehead atoms. The van der Waals surface area contributed by atoms with Crippen LogP contribution in [0.1, 0.15) is 22.5 Å². The molecule has 0 aliphatic carbocycles. The maximum Gasteiger partial charge on any atom is 0.350 e. The predicted octanol–water partition coefficient (Wildman–Crippen LogP) is 2.01. The van der Waals surface area contributed by atoms with Crippen molar-refractivity contribution in [3.63, 3.8) is 0 Å². The van der Waals surface area contributed by atoms with Crippen molar-refractivity contribution in [2.75, 3.05) is 24.7 Å². The van der Waals surface area contributed by atoms with Gasteiger partial charge in [-0.2, -0.15) is 0 Å². The molecule has 1 unspecified atom stereocenters. The minimum Gasteiger partial charge on any atom is -0.456 e. The Kier molecular flexibility index (Phi) is 6.51. The number of likely N-dealkylation sites (tertiary alicyclic amines) is 1. The molecule has 1 saturated heterocycles. The number of anilines is 1. The number of urea groups is 2. The smallest absolute Gasteiger partial charge is 0.350 e. The van der Waals surface area contributed by atoms with E-state index in [2.05, 4.69) is 5.32 Å². The van der Waals surface area contributed by atoms with Crippen molar-refractivity contribution in [3.05, 3.63) is 35.2 Å². The third-order valence-electron chi connectivity index (χ3n) is 4.69. The number of amides is 4. The van der Waals surface area contributed by atoms with Gasteiger partial charge in [0.25, 0.3) is 0 Å². The van der Waals surface area contributed by atoms with Crippen molar-refractivity contribution in [1.82, 2.24) is 4.90 Å². The lowest BCUT2D eigenvalue weighted by Crippen LogP contribution is -2.46. The van der Waals surface area contributed by atoms with E-state index in [9.17, 15) is 22.8 Å².